The van der Waals surface area contributed by atoms with Gasteiger partial charge >= 0.3 is 0 Å². The van der Waals surface area contributed by atoms with E-state index in [0.717, 1.165) is 36.3 Å². The van der Waals surface area contributed by atoms with Gasteiger partial charge in [0, 0.05) is 24.3 Å². The lowest BCUT2D eigenvalue weighted by Gasteiger charge is -2.27. The molecule has 0 atom stereocenters. The Hall–Kier alpha value is -1.32. The van der Waals surface area contributed by atoms with Crippen LogP contribution in [-0.2, 0) is 0 Å². The van der Waals surface area contributed by atoms with Crippen LogP contribution >= 0.6 is 0 Å². The van der Waals surface area contributed by atoms with Crippen molar-refractivity contribution in [1.82, 2.24) is 9.97 Å². The number of aromatic nitrogens is 2. The quantitative estimate of drug-likeness (QED) is 0.851. The van der Waals surface area contributed by atoms with Crippen LogP contribution < -0.4 is 10.6 Å². The molecule has 0 amide bonds. The van der Waals surface area contributed by atoms with Crippen molar-refractivity contribution in [1.29, 1.82) is 0 Å². The molecule has 0 saturated heterocycles. The van der Waals surface area contributed by atoms with Gasteiger partial charge in [0.2, 0.25) is 5.95 Å². The molecule has 1 heterocycles. The fourth-order valence-electron chi connectivity index (χ4n) is 2.57. The van der Waals surface area contributed by atoms with Gasteiger partial charge in [-0.3, -0.25) is 0 Å². The highest BCUT2D eigenvalue weighted by Crippen LogP contribution is 2.25. The molecule has 1 aliphatic carbocycles. The predicted molar refractivity (Wildman–Crippen MR) is 80.6 cm³/mol. The van der Waals surface area contributed by atoms with Crippen molar-refractivity contribution in [3.63, 3.8) is 0 Å². The highest BCUT2D eigenvalue weighted by Gasteiger charge is 2.18. The van der Waals surface area contributed by atoms with Gasteiger partial charge in [-0.05, 0) is 44.9 Å². The molecule has 0 aliphatic heterocycles. The maximum atomic E-state index is 4.55. The zero-order chi connectivity index (χ0) is 13.7. The van der Waals surface area contributed by atoms with E-state index in [0.29, 0.717) is 6.04 Å². The summed E-state index contributed by atoms with van der Waals surface area (Å²) in [6.45, 7) is 7.43. The van der Waals surface area contributed by atoms with Crippen molar-refractivity contribution < 1.29 is 0 Å². The summed E-state index contributed by atoms with van der Waals surface area (Å²) in [7, 11) is 0. The van der Waals surface area contributed by atoms with E-state index in [2.05, 4.69) is 34.4 Å². The summed E-state index contributed by atoms with van der Waals surface area (Å²) in [5, 5.41) is 6.83. The zero-order valence-corrected chi connectivity index (χ0v) is 12.4. The average Bonchev–Trinajstić information content (AvgIpc) is 2.38. The SMILES string of the molecule is CCCNc1nc(C)cc(NC2CCC(C)CC2)n1. The summed E-state index contributed by atoms with van der Waals surface area (Å²) in [4.78, 5) is 8.97. The number of aryl methyl sites for hydroxylation is 1. The Morgan fingerprint density at radius 1 is 1.21 bits per heavy atom. The molecule has 0 bridgehead atoms. The molecule has 0 aromatic carbocycles. The molecule has 2 N–H and O–H groups in total. The van der Waals surface area contributed by atoms with Crippen LogP contribution in [0.4, 0.5) is 11.8 Å². The molecule has 0 unspecified atom stereocenters. The third-order valence-electron chi connectivity index (χ3n) is 3.76. The Balaban J connectivity index is 1.97. The van der Waals surface area contributed by atoms with E-state index in [1.807, 2.05) is 13.0 Å². The average molecular weight is 262 g/mol. The van der Waals surface area contributed by atoms with Crippen molar-refractivity contribution in [3.8, 4) is 0 Å². The number of nitrogens with zero attached hydrogens (tertiary/aromatic N) is 2. The summed E-state index contributed by atoms with van der Waals surface area (Å²) in [5.41, 5.74) is 1.01. The minimum Gasteiger partial charge on any atom is -0.367 e. The first-order valence-corrected chi connectivity index (χ1v) is 7.53. The van der Waals surface area contributed by atoms with Crippen molar-refractivity contribution in [3.05, 3.63) is 11.8 Å². The Kier molecular flexibility index (Phi) is 5.00. The van der Waals surface area contributed by atoms with Crippen LogP contribution in [0.2, 0.25) is 0 Å². The largest absolute Gasteiger partial charge is 0.367 e. The highest BCUT2D eigenvalue weighted by molar-refractivity contribution is 5.42. The molecule has 2 rings (SSSR count). The van der Waals surface area contributed by atoms with Gasteiger partial charge in [-0.1, -0.05) is 13.8 Å². The summed E-state index contributed by atoms with van der Waals surface area (Å²) >= 11 is 0. The minimum absolute atomic E-state index is 0.574. The minimum atomic E-state index is 0.574. The third kappa shape index (κ3) is 4.37. The molecule has 0 spiro atoms. The second kappa shape index (κ2) is 6.73. The van der Waals surface area contributed by atoms with E-state index in [4.69, 9.17) is 0 Å². The van der Waals surface area contributed by atoms with E-state index in [1.54, 1.807) is 0 Å². The first kappa shape index (κ1) is 14.1. The lowest BCUT2D eigenvalue weighted by molar-refractivity contribution is 0.361. The summed E-state index contributed by atoms with van der Waals surface area (Å²) in [6, 6.07) is 2.61. The van der Waals surface area contributed by atoms with Crippen molar-refractivity contribution >= 4 is 11.8 Å². The molecule has 4 heteroatoms. The summed E-state index contributed by atoms with van der Waals surface area (Å²) in [6.07, 6.45) is 6.23. The summed E-state index contributed by atoms with van der Waals surface area (Å²) < 4.78 is 0. The highest BCUT2D eigenvalue weighted by atomic mass is 15.1. The maximum absolute atomic E-state index is 4.55. The fourth-order valence-corrected chi connectivity index (χ4v) is 2.57. The van der Waals surface area contributed by atoms with Crippen LogP contribution in [0.5, 0.6) is 0 Å². The van der Waals surface area contributed by atoms with Gasteiger partial charge in [0.05, 0.1) is 0 Å². The number of rotatable bonds is 5. The Morgan fingerprint density at radius 2 is 1.95 bits per heavy atom. The number of nitrogens with one attached hydrogen (secondary N) is 2. The van der Waals surface area contributed by atoms with E-state index in [9.17, 15) is 0 Å². The molecule has 1 aliphatic rings. The van der Waals surface area contributed by atoms with Gasteiger partial charge in [-0.15, -0.1) is 0 Å². The zero-order valence-electron chi connectivity index (χ0n) is 12.4. The van der Waals surface area contributed by atoms with E-state index >= 15 is 0 Å². The molecule has 106 valence electrons. The van der Waals surface area contributed by atoms with E-state index in [1.165, 1.54) is 25.7 Å². The van der Waals surface area contributed by atoms with Crippen LogP contribution in [0.25, 0.3) is 0 Å². The molecule has 1 fully saturated rings. The standard InChI is InChI=1S/C15H26N4/c1-4-9-16-15-17-12(3)10-14(19-15)18-13-7-5-11(2)6-8-13/h10-11,13H,4-9H2,1-3H3,(H2,16,17,18,19). The number of hydrogen-bond donors (Lipinski definition) is 2. The van der Waals surface area contributed by atoms with Crippen LogP contribution in [0, 0.1) is 12.8 Å². The van der Waals surface area contributed by atoms with Gasteiger partial charge in [0.15, 0.2) is 0 Å². The predicted octanol–water partition coefficient (Wildman–Crippen LogP) is 3.60. The maximum Gasteiger partial charge on any atom is 0.224 e. The van der Waals surface area contributed by atoms with Crippen LogP contribution in [0.1, 0.15) is 51.6 Å². The Morgan fingerprint density at radius 3 is 2.63 bits per heavy atom. The Bertz CT molecular complexity index is 397. The lowest BCUT2D eigenvalue weighted by Crippen LogP contribution is -2.26. The van der Waals surface area contributed by atoms with Gasteiger partial charge < -0.3 is 10.6 Å². The topological polar surface area (TPSA) is 49.8 Å². The number of anilines is 2. The fraction of sp³-hybridized carbons (Fsp3) is 0.733. The molecule has 1 aromatic rings. The van der Waals surface area contributed by atoms with E-state index in [-0.39, 0.29) is 0 Å². The van der Waals surface area contributed by atoms with Crippen molar-refractivity contribution in [2.45, 2.75) is 58.9 Å². The van der Waals surface area contributed by atoms with Crippen LogP contribution in [-0.4, -0.2) is 22.6 Å². The van der Waals surface area contributed by atoms with Gasteiger partial charge in [-0.25, -0.2) is 4.98 Å². The van der Waals surface area contributed by atoms with Gasteiger partial charge in [0.1, 0.15) is 5.82 Å². The first-order valence-electron chi connectivity index (χ1n) is 7.53. The van der Waals surface area contributed by atoms with E-state index < -0.39 is 0 Å². The van der Waals surface area contributed by atoms with Gasteiger partial charge in [0.25, 0.3) is 0 Å². The lowest BCUT2D eigenvalue weighted by atomic mass is 9.87. The second-order valence-corrected chi connectivity index (χ2v) is 5.75. The van der Waals surface area contributed by atoms with Crippen molar-refractivity contribution in [2.24, 2.45) is 5.92 Å². The molecule has 0 radical (unpaired) electrons. The van der Waals surface area contributed by atoms with Gasteiger partial charge in [-0.2, -0.15) is 4.98 Å². The van der Waals surface area contributed by atoms with Crippen molar-refractivity contribution in [2.75, 3.05) is 17.2 Å². The summed E-state index contributed by atoms with van der Waals surface area (Å²) in [5.74, 6) is 2.59. The molecule has 19 heavy (non-hydrogen) atoms. The van der Waals surface area contributed by atoms with Crippen LogP contribution in [0.3, 0.4) is 0 Å². The molecular weight excluding hydrogens is 236 g/mol. The number of hydrogen-bond acceptors (Lipinski definition) is 4. The molecule has 1 saturated carbocycles. The normalized spacial score (nSPS) is 23.1. The smallest absolute Gasteiger partial charge is 0.224 e. The molecule has 1 aromatic heterocycles. The Labute approximate surface area is 116 Å². The monoisotopic (exact) mass is 262 g/mol. The molecular formula is C15H26N4. The second-order valence-electron chi connectivity index (χ2n) is 5.75. The van der Waals surface area contributed by atoms with Crippen LogP contribution in [0.15, 0.2) is 6.07 Å². The molecule has 4 nitrogen and oxygen atoms in total. The third-order valence-corrected chi connectivity index (χ3v) is 3.76. The first-order chi connectivity index (χ1) is 9.17.